The Morgan fingerprint density at radius 2 is 1.89 bits per heavy atom. The number of hydrogen-bond donors (Lipinski definition) is 1. The number of rotatable bonds is 4. The summed E-state index contributed by atoms with van der Waals surface area (Å²) in [5, 5.41) is 3.41. The molecule has 1 aromatic rings. The van der Waals surface area contributed by atoms with Crippen molar-refractivity contribution in [3.63, 3.8) is 0 Å². The van der Waals surface area contributed by atoms with Gasteiger partial charge in [-0.1, -0.05) is 43.0 Å². The summed E-state index contributed by atoms with van der Waals surface area (Å²) in [7, 11) is 2.08. The highest BCUT2D eigenvalue weighted by Gasteiger charge is 2.25. The first-order valence-electron chi connectivity index (χ1n) is 7.44. The summed E-state index contributed by atoms with van der Waals surface area (Å²) >= 11 is 0. The van der Waals surface area contributed by atoms with Crippen LogP contribution in [0.1, 0.15) is 54.7 Å². The molecule has 0 amide bonds. The van der Waals surface area contributed by atoms with E-state index < -0.39 is 0 Å². The van der Waals surface area contributed by atoms with Gasteiger partial charge in [0, 0.05) is 6.54 Å². The monoisotopic (exact) mass is 245 g/mol. The van der Waals surface area contributed by atoms with Crippen molar-refractivity contribution in [2.75, 3.05) is 13.6 Å². The molecular formula is C17H27N. The summed E-state index contributed by atoms with van der Waals surface area (Å²) < 4.78 is 0. The van der Waals surface area contributed by atoms with Gasteiger partial charge in [0.25, 0.3) is 0 Å². The second-order valence-corrected chi connectivity index (χ2v) is 5.92. The lowest BCUT2D eigenvalue weighted by Crippen LogP contribution is -2.26. The zero-order chi connectivity index (χ0) is 13.0. The van der Waals surface area contributed by atoms with Gasteiger partial charge in [-0.3, -0.25) is 0 Å². The van der Waals surface area contributed by atoms with E-state index in [1.165, 1.54) is 43.2 Å². The van der Waals surface area contributed by atoms with Gasteiger partial charge in [0.1, 0.15) is 0 Å². The van der Waals surface area contributed by atoms with Crippen molar-refractivity contribution in [1.82, 2.24) is 5.32 Å². The largest absolute Gasteiger partial charge is 0.319 e. The molecule has 0 aromatic heterocycles. The van der Waals surface area contributed by atoms with Crippen LogP contribution in [0.2, 0.25) is 0 Å². The molecule has 18 heavy (non-hydrogen) atoms. The van der Waals surface area contributed by atoms with E-state index in [1.807, 2.05) is 0 Å². The van der Waals surface area contributed by atoms with Gasteiger partial charge in [-0.2, -0.15) is 0 Å². The van der Waals surface area contributed by atoms with Gasteiger partial charge in [0.2, 0.25) is 0 Å². The zero-order valence-corrected chi connectivity index (χ0v) is 12.1. The van der Waals surface area contributed by atoms with Crippen LogP contribution in [0.25, 0.3) is 0 Å². The molecule has 1 heteroatoms. The molecular weight excluding hydrogens is 218 g/mol. The third-order valence-corrected chi connectivity index (χ3v) is 4.47. The van der Waals surface area contributed by atoms with Crippen molar-refractivity contribution in [3.8, 4) is 0 Å². The minimum Gasteiger partial charge on any atom is -0.319 e. The standard InChI is InChI=1S/C17H27N/c1-13-9-10-16(14(2)11-13)17(12-18-3)15-7-5-4-6-8-15/h9-11,15,17-18H,4-8,12H2,1-3H3. The Kier molecular flexibility index (Phi) is 4.82. The molecule has 1 atom stereocenters. The quantitative estimate of drug-likeness (QED) is 0.839. The number of nitrogens with one attached hydrogen (secondary N) is 1. The molecule has 1 saturated carbocycles. The van der Waals surface area contributed by atoms with Gasteiger partial charge >= 0.3 is 0 Å². The van der Waals surface area contributed by atoms with Crippen LogP contribution >= 0.6 is 0 Å². The van der Waals surface area contributed by atoms with Crippen LogP contribution in [0, 0.1) is 19.8 Å². The van der Waals surface area contributed by atoms with Crippen molar-refractivity contribution in [2.45, 2.75) is 51.9 Å². The van der Waals surface area contributed by atoms with Crippen LogP contribution in [0.3, 0.4) is 0 Å². The number of benzene rings is 1. The zero-order valence-electron chi connectivity index (χ0n) is 12.1. The predicted molar refractivity (Wildman–Crippen MR) is 79.2 cm³/mol. The summed E-state index contributed by atoms with van der Waals surface area (Å²) in [5.41, 5.74) is 4.42. The van der Waals surface area contributed by atoms with E-state index in [0.29, 0.717) is 5.92 Å². The first kappa shape index (κ1) is 13.6. The highest BCUT2D eigenvalue weighted by Crippen LogP contribution is 2.37. The number of likely N-dealkylation sites (N-methyl/N-ethyl adjacent to an activating group) is 1. The summed E-state index contributed by atoms with van der Waals surface area (Å²) in [6, 6.07) is 6.97. The summed E-state index contributed by atoms with van der Waals surface area (Å²) in [5.74, 6) is 1.59. The Hall–Kier alpha value is -0.820. The van der Waals surface area contributed by atoms with E-state index >= 15 is 0 Å². The first-order chi connectivity index (χ1) is 8.72. The van der Waals surface area contributed by atoms with E-state index in [2.05, 4.69) is 44.4 Å². The van der Waals surface area contributed by atoms with E-state index in [0.717, 1.165) is 12.5 Å². The molecule has 0 aliphatic heterocycles. The van der Waals surface area contributed by atoms with Gasteiger partial charge in [-0.05, 0) is 56.7 Å². The van der Waals surface area contributed by atoms with Crippen molar-refractivity contribution < 1.29 is 0 Å². The number of aryl methyl sites for hydroxylation is 2. The third-order valence-electron chi connectivity index (χ3n) is 4.47. The lowest BCUT2D eigenvalue weighted by atomic mass is 9.75. The molecule has 0 saturated heterocycles. The topological polar surface area (TPSA) is 12.0 Å². The fourth-order valence-electron chi connectivity index (χ4n) is 3.53. The molecule has 1 aliphatic carbocycles. The maximum Gasteiger partial charge on any atom is 0.00199 e. The summed E-state index contributed by atoms with van der Waals surface area (Å²) in [6.45, 7) is 5.58. The Bertz CT molecular complexity index is 377. The lowest BCUT2D eigenvalue weighted by molar-refractivity contribution is 0.299. The van der Waals surface area contributed by atoms with Crippen molar-refractivity contribution in [2.24, 2.45) is 5.92 Å². The van der Waals surface area contributed by atoms with Gasteiger partial charge in [-0.15, -0.1) is 0 Å². The fraction of sp³-hybridized carbons (Fsp3) is 0.647. The minimum atomic E-state index is 0.705. The Labute approximate surface area is 112 Å². The normalized spacial score (nSPS) is 18.8. The molecule has 100 valence electrons. The molecule has 2 rings (SSSR count). The molecule has 0 heterocycles. The van der Waals surface area contributed by atoms with E-state index in [1.54, 1.807) is 5.56 Å². The van der Waals surface area contributed by atoms with Gasteiger partial charge in [-0.25, -0.2) is 0 Å². The molecule has 1 aliphatic rings. The second-order valence-electron chi connectivity index (χ2n) is 5.92. The summed E-state index contributed by atoms with van der Waals surface area (Å²) in [4.78, 5) is 0. The van der Waals surface area contributed by atoms with Crippen molar-refractivity contribution in [1.29, 1.82) is 0 Å². The lowest BCUT2D eigenvalue weighted by Gasteiger charge is -2.31. The average molecular weight is 245 g/mol. The van der Waals surface area contributed by atoms with Crippen LogP contribution in [-0.2, 0) is 0 Å². The SMILES string of the molecule is CNCC(c1ccc(C)cc1C)C1CCCCC1. The average Bonchev–Trinajstić information content (AvgIpc) is 2.38. The van der Waals surface area contributed by atoms with Crippen LogP contribution in [-0.4, -0.2) is 13.6 Å². The molecule has 0 radical (unpaired) electrons. The predicted octanol–water partition coefficient (Wildman–Crippen LogP) is 4.19. The molecule has 1 N–H and O–H groups in total. The number of hydrogen-bond acceptors (Lipinski definition) is 1. The third kappa shape index (κ3) is 3.14. The molecule has 1 aromatic carbocycles. The van der Waals surface area contributed by atoms with E-state index in [-0.39, 0.29) is 0 Å². The van der Waals surface area contributed by atoms with Crippen molar-refractivity contribution in [3.05, 3.63) is 34.9 Å². The molecule has 0 spiro atoms. The molecule has 1 unspecified atom stereocenters. The second kappa shape index (κ2) is 6.38. The minimum absolute atomic E-state index is 0.705. The first-order valence-corrected chi connectivity index (χ1v) is 7.44. The van der Waals surface area contributed by atoms with E-state index in [9.17, 15) is 0 Å². The maximum absolute atomic E-state index is 3.41. The smallest absolute Gasteiger partial charge is 0.00199 e. The molecule has 1 nitrogen and oxygen atoms in total. The van der Waals surface area contributed by atoms with Crippen LogP contribution < -0.4 is 5.32 Å². The Morgan fingerprint density at radius 1 is 1.17 bits per heavy atom. The van der Waals surface area contributed by atoms with Crippen LogP contribution in [0.15, 0.2) is 18.2 Å². The fourth-order valence-corrected chi connectivity index (χ4v) is 3.53. The maximum atomic E-state index is 3.41. The van der Waals surface area contributed by atoms with Gasteiger partial charge < -0.3 is 5.32 Å². The summed E-state index contributed by atoms with van der Waals surface area (Å²) in [6.07, 6.45) is 7.13. The highest BCUT2D eigenvalue weighted by molar-refractivity contribution is 5.34. The highest BCUT2D eigenvalue weighted by atomic mass is 14.8. The van der Waals surface area contributed by atoms with Gasteiger partial charge in [0.15, 0.2) is 0 Å². The van der Waals surface area contributed by atoms with Crippen molar-refractivity contribution >= 4 is 0 Å². The van der Waals surface area contributed by atoms with Crippen LogP contribution in [0.4, 0.5) is 0 Å². The van der Waals surface area contributed by atoms with E-state index in [4.69, 9.17) is 0 Å². The molecule has 1 fully saturated rings. The van der Waals surface area contributed by atoms with Gasteiger partial charge in [0.05, 0.1) is 0 Å². The van der Waals surface area contributed by atoms with Crippen LogP contribution in [0.5, 0.6) is 0 Å². The molecule has 0 bridgehead atoms. The Morgan fingerprint density at radius 3 is 2.50 bits per heavy atom. The Balaban J connectivity index is 2.22.